The number of carbonyl (C=O) groups excluding carboxylic acids is 2. The lowest BCUT2D eigenvalue weighted by atomic mass is 10.0. The molecule has 9 nitrogen and oxygen atoms in total. The molecule has 0 aliphatic carbocycles. The Labute approximate surface area is 201 Å². The van der Waals surface area contributed by atoms with Crippen LogP contribution in [0, 0.1) is 6.92 Å². The number of carboxylic acids is 1. The van der Waals surface area contributed by atoms with Gasteiger partial charge in [0.05, 0.1) is 21.8 Å². The van der Waals surface area contributed by atoms with E-state index in [4.69, 9.17) is 11.6 Å². The van der Waals surface area contributed by atoms with Crippen molar-refractivity contribution >= 4 is 35.1 Å². The molecule has 0 unspecified atom stereocenters. The number of halogens is 4. The minimum absolute atomic E-state index is 0.0580. The van der Waals surface area contributed by atoms with E-state index in [1.807, 2.05) is 0 Å². The van der Waals surface area contributed by atoms with Gasteiger partial charge in [-0.2, -0.15) is 18.3 Å². The molecule has 3 N–H and O–H groups in total. The van der Waals surface area contributed by atoms with Gasteiger partial charge >= 0.3 is 12.1 Å². The molecule has 0 spiro atoms. The molecule has 2 aromatic heterocycles. The Morgan fingerprint density at radius 2 is 1.83 bits per heavy atom. The molecule has 13 heteroatoms. The number of aryl methyl sites for hydroxylation is 1. The maximum atomic E-state index is 13.4. The first-order valence-corrected chi connectivity index (χ1v) is 10.5. The fourth-order valence-electron chi connectivity index (χ4n) is 3.15. The molecule has 1 aromatic carbocycles. The van der Waals surface area contributed by atoms with Crippen LogP contribution in [0.15, 0.2) is 36.5 Å². The zero-order chi connectivity index (χ0) is 26.1. The Morgan fingerprint density at radius 3 is 2.40 bits per heavy atom. The smallest absolute Gasteiger partial charge is 0.435 e. The molecule has 2 amide bonds. The molecule has 0 saturated heterocycles. The molecule has 0 aliphatic rings. The molecule has 0 bridgehead atoms. The van der Waals surface area contributed by atoms with Gasteiger partial charge in [-0.1, -0.05) is 11.6 Å². The summed E-state index contributed by atoms with van der Waals surface area (Å²) in [6, 6.07) is 5.31. The number of hydrogen-bond acceptors (Lipinski definition) is 5. The second kappa shape index (κ2) is 9.74. The zero-order valence-corrected chi connectivity index (χ0v) is 19.3. The van der Waals surface area contributed by atoms with Crippen molar-refractivity contribution in [2.24, 2.45) is 0 Å². The van der Waals surface area contributed by atoms with Crippen LogP contribution in [0.5, 0.6) is 0 Å². The number of nitrogens with zero attached hydrogens (tertiary/aromatic N) is 3. The third kappa shape index (κ3) is 5.60. The van der Waals surface area contributed by atoms with Gasteiger partial charge in [0, 0.05) is 18.3 Å². The molecule has 3 aromatic rings. The SMILES string of the molecule is Cc1cc(C(=O)O)cc(C(=O)NC(C)C)c1NC(=O)c1cc(C(F)(F)F)nn1-c1ncccc1Cl. The van der Waals surface area contributed by atoms with Crippen LogP contribution >= 0.6 is 11.6 Å². The summed E-state index contributed by atoms with van der Waals surface area (Å²) in [5, 5.41) is 17.8. The Hall–Kier alpha value is -3.93. The normalized spacial score (nSPS) is 11.4. The number of amides is 2. The molecule has 3 rings (SSSR count). The topological polar surface area (TPSA) is 126 Å². The van der Waals surface area contributed by atoms with E-state index in [-0.39, 0.29) is 39.3 Å². The van der Waals surface area contributed by atoms with Gasteiger partial charge < -0.3 is 15.7 Å². The average molecular weight is 510 g/mol. The van der Waals surface area contributed by atoms with Crippen molar-refractivity contribution in [3.05, 3.63) is 69.6 Å². The predicted molar refractivity (Wildman–Crippen MR) is 120 cm³/mol. The number of hydrogen-bond donors (Lipinski definition) is 3. The fraction of sp³-hybridized carbons (Fsp3) is 0.227. The summed E-state index contributed by atoms with van der Waals surface area (Å²) in [6.45, 7) is 4.80. The fourth-order valence-corrected chi connectivity index (χ4v) is 3.35. The van der Waals surface area contributed by atoms with Crippen molar-refractivity contribution in [3.63, 3.8) is 0 Å². The number of anilines is 1. The van der Waals surface area contributed by atoms with E-state index in [0.717, 1.165) is 6.07 Å². The van der Waals surface area contributed by atoms with Crippen molar-refractivity contribution in [2.45, 2.75) is 33.0 Å². The van der Waals surface area contributed by atoms with E-state index in [9.17, 15) is 32.7 Å². The number of benzene rings is 1. The first-order chi connectivity index (χ1) is 16.3. The quantitative estimate of drug-likeness (QED) is 0.454. The number of aromatic nitrogens is 3. The molecule has 0 fully saturated rings. The monoisotopic (exact) mass is 509 g/mol. The molecular weight excluding hydrogens is 491 g/mol. The standard InChI is InChI=1S/C22H19ClF3N5O4/c1-10(2)28-19(32)13-8-12(21(34)35)7-11(3)17(13)29-20(33)15-9-16(22(24,25)26)30-31(15)18-14(23)5-4-6-27-18/h4-10H,1-3H3,(H,28,32)(H,29,33)(H,34,35). The number of nitrogens with one attached hydrogen (secondary N) is 2. The van der Waals surface area contributed by atoms with Crippen LogP contribution in [0.3, 0.4) is 0 Å². The minimum atomic E-state index is -4.87. The van der Waals surface area contributed by atoms with Gasteiger partial charge in [-0.25, -0.2) is 14.5 Å². The van der Waals surface area contributed by atoms with Crippen LogP contribution < -0.4 is 10.6 Å². The highest BCUT2D eigenvalue weighted by Gasteiger charge is 2.37. The van der Waals surface area contributed by atoms with Gasteiger partial charge in [0.1, 0.15) is 5.69 Å². The number of rotatable bonds is 6. The van der Waals surface area contributed by atoms with Gasteiger partial charge in [0.2, 0.25) is 0 Å². The second-order valence-corrected chi connectivity index (χ2v) is 8.14. The Bertz CT molecular complexity index is 1320. The average Bonchev–Trinajstić information content (AvgIpc) is 3.20. The van der Waals surface area contributed by atoms with Crippen molar-refractivity contribution in [1.82, 2.24) is 20.1 Å². The first-order valence-electron chi connectivity index (χ1n) is 10.1. The van der Waals surface area contributed by atoms with Gasteiger partial charge in [0.15, 0.2) is 11.5 Å². The third-order valence-electron chi connectivity index (χ3n) is 4.66. The number of pyridine rings is 1. The summed E-state index contributed by atoms with van der Waals surface area (Å²) in [5.74, 6) is -3.26. The first kappa shape index (κ1) is 25.7. The van der Waals surface area contributed by atoms with E-state index in [0.29, 0.717) is 10.7 Å². The number of alkyl halides is 3. The van der Waals surface area contributed by atoms with Gasteiger partial charge in [-0.3, -0.25) is 9.59 Å². The van der Waals surface area contributed by atoms with E-state index >= 15 is 0 Å². The van der Waals surface area contributed by atoms with Crippen molar-refractivity contribution in [1.29, 1.82) is 0 Å². The second-order valence-electron chi connectivity index (χ2n) is 7.74. The van der Waals surface area contributed by atoms with E-state index in [1.165, 1.54) is 31.3 Å². The van der Waals surface area contributed by atoms with Crippen molar-refractivity contribution < 1.29 is 32.7 Å². The van der Waals surface area contributed by atoms with Crippen LogP contribution in [0.4, 0.5) is 18.9 Å². The molecule has 35 heavy (non-hydrogen) atoms. The highest BCUT2D eigenvalue weighted by molar-refractivity contribution is 6.32. The Balaban J connectivity index is 2.13. The van der Waals surface area contributed by atoms with E-state index in [2.05, 4.69) is 20.7 Å². The molecule has 184 valence electrons. The van der Waals surface area contributed by atoms with E-state index < -0.39 is 35.3 Å². The summed E-state index contributed by atoms with van der Waals surface area (Å²) in [7, 11) is 0. The third-order valence-corrected chi connectivity index (χ3v) is 4.95. The van der Waals surface area contributed by atoms with Crippen LogP contribution in [0.1, 0.15) is 56.3 Å². The summed E-state index contributed by atoms with van der Waals surface area (Å²) < 4.78 is 40.8. The lowest BCUT2D eigenvalue weighted by Crippen LogP contribution is -2.31. The molecule has 2 heterocycles. The molecule has 0 atom stereocenters. The Kier molecular flexibility index (Phi) is 7.15. The lowest BCUT2D eigenvalue weighted by Gasteiger charge is -2.17. The summed E-state index contributed by atoms with van der Waals surface area (Å²) in [5.41, 5.74) is -2.19. The highest BCUT2D eigenvalue weighted by atomic mass is 35.5. The number of carboxylic acid groups (broad SMARTS) is 1. The molecule has 0 aliphatic heterocycles. The number of aromatic carboxylic acids is 1. The summed E-state index contributed by atoms with van der Waals surface area (Å²) in [4.78, 5) is 41.3. The lowest BCUT2D eigenvalue weighted by molar-refractivity contribution is -0.141. The minimum Gasteiger partial charge on any atom is -0.478 e. The van der Waals surface area contributed by atoms with Crippen LogP contribution in [-0.4, -0.2) is 43.7 Å². The number of carbonyl (C=O) groups is 3. The molecule has 0 saturated carbocycles. The largest absolute Gasteiger partial charge is 0.478 e. The highest BCUT2D eigenvalue weighted by Crippen LogP contribution is 2.31. The zero-order valence-electron chi connectivity index (χ0n) is 18.6. The van der Waals surface area contributed by atoms with Crippen LogP contribution in [0.2, 0.25) is 5.02 Å². The van der Waals surface area contributed by atoms with Gasteiger partial charge in [-0.15, -0.1) is 0 Å². The van der Waals surface area contributed by atoms with Crippen LogP contribution in [0.25, 0.3) is 5.82 Å². The molecular formula is C22H19ClF3N5O4. The van der Waals surface area contributed by atoms with Crippen molar-refractivity contribution in [3.8, 4) is 5.82 Å². The Morgan fingerprint density at radius 1 is 1.14 bits per heavy atom. The predicted octanol–water partition coefficient (Wildman–Crippen LogP) is 4.34. The van der Waals surface area contributed by atoms with Crippen LogP contribution in [-0.2, 0) is 6.18 Å². The maximum Gasteiger partial charge on any atom is 0.435 e. The van der Waals surface area contributed by atoms with Crippen molar-refractivity contribution in [2.75, 3.05) is 5.32 Å². The summed E-state index contributed by atoms with van der Waals surface area (Å²) >= 11 is 6.06. The molecule has 0 radical (unpaired) electrons. The van der Waals surface area contributed by atoms with E-state index in [1.54, 1.807) is 13.8 Å². The van der Waals surface area contributed by atoms with Gasteiger partial charge in [-0.05, 0) is 50.6 Å². The van der Waals surface area contributed by atoms with Gasteiger partial charge in [0.25, 0.3) is 11.8 Å². The summed E-state index contributed by atoms with van der Waals surface area (Å²) in [6.07, 6.45) is -3.61. The maximum absolute atomic E-state index is 13.4.